The number of ether oxygens (including phenoxy) is 2. The molecule has 30 heavy (non-hydrogen) atoms. The van der Waals surface area contributed by atoms with Gasteiger partial charge in [0.05, 0.1) is 31.5 Å². The van der Waals surface area contributed by atoms with E-state index in [1.165, 1.54) is 32.2 Å². The third-order valence-electron chi connectivity index (χ3n) is 4.14. The molecule has 152 valence electrons. The molecular formula is C21H18N4O4S. The van der Waals surface area contributed by atoms with Crippen LogP contribution in [0, 0.1) is 0 Å². The number of aromatic amines is 1. The fraction of sp³-hybridized carbons (Fsp3) is 0.0952. The van der Waals surface area contributed by atoms with Crippen LogP contribution in [0.25, 0.3) is 11.0 Å². The Hall–Kier alpha value is -3.72. The average Bonchev–Trinajstić information content (AvgIpc) is 3.39. The van der Waals surface area contributed by atoms with Gasteiger partial charge in [-0.1, -0.05) is 12.1 Å². The van der Waals surface area contributed by atoms with E-state index in [-0.39, 0.29) is 0 Å². The van der Waals surface area contributed by atoms with Crippen LogP contribution in [0.3, 0.4) is 0 Å². The molecule has 0 aliphatic heterocycles. The van der Waals surface area contributed by atoms with Crippen molar-refractivity contribution in [2.75, 3.05) is 14.2 Å². The van der Waals surface area contributed by atoms with Crippen molar-refractivity contribution >= 4 is 34.9 Å². The quantitative estimate of drug-likeness (QED) is 0.344. The van der Waals surface area contributed by atoms with E-state index in [0.29, 0.717) is 27.9 Å². The van der Waals surface area contributed by atoms with Gasteiger partial charge in [-0.05, 0) is 48.2 Å². The molecule has 0 radical (unpaired) electrons. The number of hydrogen-bond acceptors (Lipinski definition) is 7. The van der Waals surface area contributed by atoms with Crippen LogP contribution in [-0.2, 0) is 0 Å². The van der Waals surface area contributed by atoms with Gasteiger partial charge < -0.3 is 18.9 Å². The van der Waals surface area contributed by atoms with Gasteiger partial charge in [0.2, 0.25) is 0 Å². The van der Waals surface area contributed by atoms with E-state index < -0.39 is 5.91 Å². The molecule has 9 heteroatoms. The Balaban J connectivity index is 1.39. The van der Waals surface area contributed by atoms with Crippen molar-refractivity contribution in [1.82, 2.24) is 15.4 Å². The first-order chi connectivity index (χ1) is 14.6. The largest absolute Gasteiger partial charge is 0.497 e. The standard InChI is InChI=1S/C21H18N4O4S/c1-27-15-9-13(10-16(11-15)28-2)20(26)25-22-12-14-7-8-19(29-14)30-21-23-17-5-3-4-6-18(17)24-21/h3-12H,1-2H3,(H,23,24)(H,25,26). The number of nitrogens with zero attached hydrogens (tertiary/aromatic N) is 2. The molecular weight excluding hydrogens is 404 g/mol. The highest BCUT2D eigenvalue weighted by atomic mass is 32.2. The maximum absolute atomic E-state index is 12.3. The Morgan fingerprint density at radius 3 is 2.63 bits per heavy atom. The number of benzene rings is 2. The zero-order valence-electron chi connectivity index (χ0n) is 16.2. The fourth-order valence-electron chi connectivity index (χ4n) is 2.69. The van der Waals surface area contributed by atoms with Crippen LogP contribution in [0.15, 0.2) is 74.4 Å². The number of imidazole rings is 1. The van der Waals surface area contributed by atoms with Gasteiger partial charge in [-0.2, -0.15) is 5.10 Å². The van der Waals surface area contributed by atoms with Gasteiger partial charge in [0, 0.05) is 11.6 Å². The number of hydrazone groups is 1. The minimum absolute atomic E-state index is 0.365. The zero-order valence-corrected chi connectivity index (χ0v) is 17.0. The number of carbonyl (C=O) groups is 1. The van der Waals surface area contributed by atoms with Gasteiger partial charge in [-0.3, -0.25) is 4.79 Å². The van der Waals surface area contributed by atoms with E-state index in [0.717, 1.165) is 16.2 Å². The summed E-state index contributed by atoms with van der Waals surface area (Å²) in [5.74, 6) is 1.13. The summed E-state index contributed by atoms with van der Waals surface area (Å²) in [4.78, 5) is 20.0. The van der Waals surface area contributed by atoms with Crippen molar-refractivity contribution in [3.63, 3.8) is 0 Å². The van der Waals surface area contributed by atoms with E-state index in [9.17, 15) is 4.79 Å². The maximum atomic E-state index is 12.3. The summed E-state index contributed by atoms with van der Waals surface area (Å²) < 4.78 is 16.0. The summed E-state index contributed by atoms with van der Waals surface area (Å²) in [7, 11) is 3.04. The van der Waals surface area contributed by atoms with Crippen molar-refractivity contribution in [2.24, 2.45) is 5.10 Å². The summed E-state index contributed by atoms with van der Waals surface area (Å²) in [5.41, 5.74) is 4.68. The number of furan rings is 1. The zero-order chi connectivity index (χ0) is 20.9. The van der Waals surface area contributed by atoms with E-state index >= 15 is 0 Å². The molecule has 0 saturated carbocycles. The second-order valence-corrected chi connectivity index (χ2v) is 7.11. The Morgan fingerprint density at radius 1 is 1.13 bits per heavy atom. The van der Waals surface area contributed by atoms with Gasteiger partial charge in [-0.15, -0.1) is 0 Å². The van der Waals surface area contributed by atoms with Crippen LogP contribution < -0.4 is 14.9 Å². The predicted molar refractivity (Wildman–Crippen MR) is 114 cm³/mol. The lowest BCUT2D eigenvalue weighted by molar-refractivity contribution is 0.0954. The summed E-state index contributed by atoms with van der Waals surface area (Å²) >= 11 is 1.37. The highest BCUT2D eigenvalue weighted by molar-refractivity contribution is 7.99. The highest BCUT2D eigenvalue weighted by Crippen LogP contribution is 2.28. The molecule has 0 saturated heterocycles. The molecule has 4 rings (SSSR count). The van der Waals surface area contributed by atoms with E-state index in [1.54, 1.807) is 24.3 Å². The molecule has 0 atom stereocenters. The first kappa shape index (κ1) is 19.6. The number of H-pyrrole nitrogens is 1. The molecule has 0 aliphatic carbocycles. The Kier molecular flexibility index (Phi) is 5.71. The number of carbonyl (C=O) groups excluding carboxylic acids is 1. The second kappa shape index (κ2) is 8.75. The number of hydrogen-bond donors (Lipinski definition) is 2. The third kappa shape index (κ3) is 4.47. The van der Waals surface area contributed by atoms with Crippen LogP contribution in [0.1, 0.15) is 16.1 Å². The van der Waals surface area contributed by atoms with Crippen molar-refractivity contribution in [3.05, 3.63) is 65.9 Å². The molecule has 0 fully saturated rings. The first-order valence-electron chi connectivity index (χ1n) is 8.93. The van der Waals surface area contributed by atoms with Gasteiger partial charge in [-0.25, -0.2) is 10.4 Å². The number of para-hydroxylation sites is 2. The second-order valence-electron chi connectivity index (χ2n) is 6.12. The lowest BCUT2D eigenvalue weighted by atomic mass is 10.2. The monoisotopic (exact) mass is 422 g/mol. The molecule has 2 aromatic carbocycles. The van der Waals surface area contributed by atoms with Gasteiger partial charge in [0.15, 0.2) is 10.2 Å². The van der Waals surface area contributed by atoms with Crippen LogP contribution in [0.5, 0.6) is 11.5 Å². The van der Waals surface area contributed by atoms with Crippen LogP contribution in [0.4, 0.5) is 0 Å². The number of amides is 1. The van der Waals surface area contributed by atoms with Gasteiger partial charge in [0.1, 0.15) is 17.3 Å². The van der Waals surface area contributed by atoms with E-state index in [1.807, 2.05) is 30.3 Å². The SMILES string of the molecule is COc1cc(OC)cc(C(=O)NN=Cc2ccc(Sc3nc4ccccc4[nH]3)o2)c1. The fourth-order valence-corrected chi connectivity index (χ4v) is 3.46. The summed E-state index contributed by atoms with van der Waals surface area (Å²) in [6, 6.07) is 16.3. The molecule has 8 nitrogen and oxygen atoms in total. The minimum Gasteiger partial charge on any atom is -0.497 e. The Bertz CT molecular complexity index is 1160. The lowest BCUT2D eigenvalue weighted by Gasteiger charge is -2.07. The first-order valence-corrected chi connectivity index (χ1v) is 9.75. The van der Waals surface area contributed by atoms with Gasteiger partial charge >= 0.3 is 0 Å². The summed E-state index contributed by atoms with van der Waals surface area (Å²) in [6.45, 7) is 0. The maximum Gasteiger partial charge on any atom is 0.271 e. The highest BCUT2D eigenvalue weighted by Gasteiger charge is 2.10. The Morgan fingerprint density at radius 2 is 1.90 bits per heavy atom. The lowest BCUT2D eigenvalue weighted by Crippen LogP contribution is -2.17. The summed E-state index contributed by atoms with van der Waals surface area (Å²) in [6.07, 6.45) is 1.43. The predicted octanol–water partition coefficient (Wildman–Crippen LogP) is 4.09. The van der Waals surface area contributed by atoms with E-state index in [4.69, 9.17) is 13.9 Å². The molecule has 0 spiro atoms. The molecule has 0 unspecified atom stereocenters. The number of nitrogens with one attached hydrogen (secondary N) is 2. The van der Waals surface area contributed by atoms with Crippen LogP contribution >= 0.6 is 11.8 Å². The minimum atomic E-state index is -0.396. The number of fused-ring (bicyclic) bond motifs is 1. The number of rotatable bonds is 7. The normalized spacial score (nSPS) is 11.1. The molecule has 2 heterocycles. The van der Waals surface area contributed by atoms with Crippen molar-refractivity contribution in [2.45, 2.75) is 10.2 Å². The topological polar surface area (TPSA) is 102 Å². The van der Waals surface area contributed by atoms with Crippen molar-refractivity contribution in [3.8, 4) is 11.5 Å². The Labute approximate surface area is 176 Å². The molecule has 1 amide bonds. The molecule has 2 aromatic heterocycles. The van der Waals surface area contributed by atoms with Crippen molar-refractivity contribution < 1.29 is 18.7 Å². The van der Waals surface area contributed by atoms with Crippen molar-refractivity contribution in [1.29, 1.82) is 0 Å². The summed E-state index contributed by atoms with van der Waals surface area (Å²) in [5, 5.41) is 5.33. The number of methoxy groups -OCH3 is 2. The van der Waals surface area contributed by atoms with E-state index in [2.05, 4.69) is 20.5 Å². The van der Waals surface area contributed by atoms with Gasteiger partial charge in [0.25, 0.3) is 5.91 Å². The van der Waals surface area contributed by atoms with Crippen LogP contribution in [-0.4, -0.2) is 36.3 Å². The molecule has 4 aromatic rings. The smallest absolute Gasteiger partial charge is 0.271 e. The molecule has 2 N–H and O–H groups in total. The van der Waals surface area contributed by atoms with Crippen LogP contribution in [0.2, 0.25) is 0 Å². The third-order valence-corrected chi connectivity index (χ3v) is 4.95. The average molecular weight is 422 g/mol. The molecule has 0 aliphatic rings. The number of aromatic nitrogens is 2. The molecule has 0 bridgehead atoms.